The van der Waals surface area contributed by atoms with Crippen LogP contribution in [-0.2, 0) is 11.2 Å². The average Bonchev–Trinajstić information content (AvgIpc) is 3.00. The number of aromatic nitrogens is 1. The van der Waals surface area contributed by atoms with Crippen LogP contribution >= 0.6 is 0 Å². The molecule has 0 aromatic carbocycles. The molecule has 1 aliphatic rings. The highest BCUT2D eigenvalue weighted by Crippen LogP contribution is 2.15. The molecule has 0 radical (unpaired) electrons. The van der Waals surface area contributed by atoms with Gasteiger partial charge in [0.05, 0.1) is 6.10 Å². The zero-order valence-electron chi connectivity index (χ0n) is 12.9. The third-order valence-corrected chi connectivity index (χ3v) is 3.68. The van der Waals surface area contributed by atoms with Crippen LogP contribution < -0.4 is 10.6 Å². The van der Waals surface area contributed by atoms with Gasteiger partial charge in [-0.25, -0.2) is 4.98 Å². The van der Waals surface area contributed by atoms with Crippen molar-refractivity contribution in [3.8, 4) is 0 Å². The SMILES string of the molecule is CCCc1cc(C(=O)NCCC2CCCO2)cc(NC)n1. The lowest BCUT2D eigenvalue weighted by atomic mass is 10.1. The van der Waals surface area contributed by atoms with E-state index < -0.39 is 0 Å². The van der Waals surface area contributed by atoms with Crippen LogP contribution in [0.5, 0.6) is 0 Å². The lowest BCUT2D eigenvalue weighted by molar-refractivity contribution is 0.0907. The Balaban J connectivity index is 1.92. The maximum Gasteiger partial charge on any atom is 0.251 e. The fraction of sp³-hybridized carbons (Fsp3) is 0.625. The van der Waals surface area contributed by atoms with E-state index in [4.69, 9.17) is 4.74 Å². The summed E-state index contributed by atoms with van der Waals surface area (Å²) in [6.45, 7) is 3.62. The van der Waals surface area contributed by atoms with Crippen LogP contribution in [0.2, 0.25) is 0 Å². The van der Waals surface area contributed by atoms with E-state index in [1.807, 2.05) is 13.1 Å². The van der Waals surface area contributed by atoms with Gasteiger partial charge >= 0.3 is 0 Å². The Morgan fingerprint density at radius 3 is 3.00 bits per heavy atom. The Morgan fingerprint density at radius 2 is 2.33 bits per heavy atom. The summed E-state index contributed by atoms with van der Waals surface area (Å²) >= 11 is 0. The van der Waals surface area contributed by atoms with E-state index in [1.165, 1.54) is 0 Å². The van der Waals surface area contributed by atoms with E-state index in [0.29, 0.717) is 18.2 Å². The average molecular weight is 291 g/mol. The van der Waals surface area contributed by atoms with Crippen LogP contribution in [0.4, 0.5) is 5.82 Å². The zero-order valence-corrected chi connectivity index (χ0v) is 12.9. The molecule has 1 saturated heterocycles. The first-order chi connectivity index (χ1) is 10.2. The Hall–Kier alpha value is -1.62. The fourth-order valence-electron chi connectivity index (χ4n) is 2.55. The molecule has 1 aromatic heterocycles. The van der Waals surface area contributed by atoms with Crippen molar-refractivity contribution >= 4 is 11.7 Å². The molecule has 116 valence electrons. The molecule has 1 amide bonds. The van der Waals surface area contributed by atoms with Crippen molar-refractivity contribution in [2.24, 2.45) is 0 Å². The molecule has 5 heteroatoms. The molecule has 21 heavy (non-hydrogen) atoms. The number of aryl methyl sites for hydroxylation is 1. The number of hydrogen-bond donors (Lipinski definition) is 2. The van der Waals surface area contributed by atoms with Crippen molar-refractivity contribution in [2.75, 3.05) is 25.5 Å². The Morgan fingerprint density at radius 1 is 1.48 bits per heavy atom. The van der Waals surface area contributed by atoms with E-state index in [1.54, 1.807) is 6.07 Å². The van der Waals surface area contributed by atoms with Gasteiger partial charge in [0.15, 0.2) is 0 Å². The van der Waals surface area contributed by atoms with Gasteiger partial charge in [0.2, 0.25) is 0 Å². The number of amides is 1. The number of pyridine rings is 1. The van der Waals surface area contributed by atoms with E-state index in [0.717, 1.165) is 50.2 Å². The van der Waals surface area contributed by atoms with Crippen LogP contribution in [0.25, 0.3) is 0 Å². The van der Waals surface area contributed by atoms with Gasteiger partial charge in [0.1, 0.15) is 5.82 Å². The highest BCUT2D eigenvalue weighted by Gasteiger charge is 2.16. The van der Waals surface area contributed by atoms with Crippen molar-refractivity contribution in [1.29, 1.82) is 0 Å². The van der Waals surface area contributed by atoms with E-state index in [2.05, 4.69) is 22.5 Å². The topological polar surface area (TPSA) is 63.2 Å². The second-order valence-electron chi connectivity index (χ2n) is 5.41. The highest BCUT2D eigenvalue weighted by molar-refractivity contribution is 5.95. The van der Waals surface area contributed by atoms with Gasteiger partial charge in [-0.3, -0.25) is 4.79 Å². The molecule has 1 fully saturated rings. The molecule has 1 unspecified atom stereocenters. The third-order valence-electron chi connectivity index (χ3n) is 3.68. The normalized spacial score (nSPS) is 17.7. The number of carbonyl (C=O) groups is 1. The Kier molecular flexibility index (Phi) is 5.99. The Bertz CT molecular complexity index is 471. The summed E-state index contributed by atoms with van der Waals surface area (Å²) in [5.41, 5.74) is 1.62. The Labute approximate surface area is 126 Å². The van der Waals surface area contributed by atoms with E-state index >= 15 is 0 Å². The smallest absolute Gasteiger partial charge is 0.251 e. The van der Waals surface area contributed by atoms with Gasteiger partial charge in [-0.05, 0) is 37.8 Å². The first-order valence-corrected chi connectivity index (χ1v) is 7.81. The largest absolute Gasteiger partial charge is 0.378 e. The summed E-state index contributed by atoms with van der Waals surface area (Å²) in [6, 6.07) is 3.67. The second kappa shape index (κ2) is 7.98. The van der Waals surface area contributed by atoms with Crippen molar-refractivity contribution in [2.45, 2.75) is 45.1 Å². The number of anilines is 1. The first kappa shape index (κ1) is 15.8. The summed E-state index contributed by atoms with van der Waals surface area (Å²) in [4.78, 5) is 16.7. The quantitative estimate of drug-likeness (QED) is 0.809. The molecule has 0 saturated carbocycles. The van der Waals surface area contributed by atoms with E-state index in [-0.39, 0.29) is 5.91 Å². The molecular formula is C16H25N3O2. The van der Waals surface area contributed by atoms with Crippen LogP contribution in [-0.4, -0.2) is 37.2 Å². The molecule has 1 aromatic rings. The van der Waals surface area contributed by atoms with E-state index in [9.17, 15) is 4.79 Å². The lowest BCUT2D eigenvalue weighted by Crippen LogP contribution is -2.27. The molecular weight excluding hydrogens is 266 g/mol. The van der Waals surface area contributed by atoms with Crippen LogP contribution in [0.3, 0.4) is 0 Å². The molecule has 2 N–H and O–H groups in total. The van der Waals surface area contributed by atoms with Crippen LogP contribution in [0.1, 0.15) is 48.7 Å². The maximum absolute atomic E-state index is 12.2. The van der Waals surface area contributed by atoms with Crippen molar-refractivity contribution in [1.82, 2.24) is 10.3 Å². The predicted molar refractivity (Wildman–Crippen MR) is 83.7 cm³/mol. The number of hydrogen-bond acceptors (Lipinski definition) is 4. The van der Waals surface area contributed by atoms with Gasteiger partial charge in [-0.1, -0.05) is 13.3 Å². The van der Waals surface area contributed by atoms with Crippen molar-refractivity contribution in [3.63, 3.8) is 0 Å². The highest BCUT2D eigenvalue weighted by atomic mass is 16.5. The monoisotopic (exact) mass is 291 g/mol. The fourth-order valence-corrected chi connectivity index (χ4v) is 2.55. The minimum absolute atomic E-state index is 0.0377. The lowest BCUT2D eigenvalue weighted by Gasteiger charge is -2.11. The second-order valence-corrected chi connectivity index (χ2v) is 5.41. The molecule has 0 spiro atoms. The third kappa shape index (κ3) is 4.70. The number of nitrogens with zero attached hydrogens (tertiary/aromatic N) is 1. The van der Waals surface area contributed by atoms with Gasteiger partial charge in [-0.15, -0.1) is 0 Å². The molecule has 2 rings (SSSR count). The summed E-state index contributed by atoms with van der Waals surface area (Å²) in [5.74, 6) is 0.703. The first-order valence-electron chi connectivity index (χ1n) is 7.81. The van der Waals surface area contributed by atoms with Crippen molar-refractivity contribution in [3.05, 3.63) is 23.4 Å². The molecule has 1 aliphatic heterocycles. The molecule has 0 bridgehead atoms. The van der Waals surface area contributed by atoms with Crippen LogP contribution in [0, 0.1) is 0 Å². The minimum atomic E-state index is -0.0377. The molecule has 2 heterocycles. The van der Waals surface area contributed by atoms with Gasteiger partial charge in [0.25, 0.3) is 5.91 Å². The van der Waals surface area contributed by atoms with Gasteiger partial charge < -0.3 is 15.4 Å². The number of nitrogens with one attached hydrogen (secondary N) is 2. The maximum atomic E-state index is 12.2. The summed E-state index contributed by atoms with van der Waals surface area (Å²) in [5, 5.41) is 5.98. The predicted octanol–water partition coefficient (Wildman–Crippen LogP) is 2.37. The standard InChI is InChI=1S/C16H25N3O2/c1-3-5-13-10-12(11-15(17-2)19-13)16(20)18-8-7-14-6-4-9-21-14/h10-11,14H,3-9H2,1-2H3,(H,17,19)(H,18,20). The minimum Gasteiger partial charge on any atom is -0.378 e. The summed E-state index contributed by atoms with van der Waals surface area (Å²) in [6.07, 6.45) is 5.33. The molecule has 0 aliphatic carbocycles. The summed E-state index contributed by atoms with van der Waals surface area (Å²) < 4.78 is 5.56. The van der Waals surface area contributed by atoms with Crippen LogP contribution in [0.15, 0.2) is 12.1 Å². The van der Waals surface area contributed by atoms with Gasteiger partial charge in [-0.2, -0.15) is 0 Å². The number of carbonyl (C=O) groups excluding carboxylic acids is 1. The molecule has 5 nitrogen and oxygen atoms in total. The van der Waals surface area contributed by atoms with Gasteiger partial charge in [0, 0.05) is 31.5 Å². The zero-order chi connectivity index (χ0) is 15.1. The molecule has 1 atom stereocenters. The number of ether oxygens (including phenoxy) is 1. The number of rotatable bonds is 7. The van der Waals surface area contributed by atoms with Crippen molar-refractivity contribution < 1.29 is 9.53 Å². The summed E-state index contributed by atoms with van der Waals surface area (Å²) in [7, 11) is 1.82.